The summed E-state index contributed by atoms with van der Waals surface area (Å²) < 4.78 is 11.9. The van der Waals surface area contributed by atoms with Crippen LogP contribution in [-0.4, -0.2) is 24.1 Å². The molecule has 1 rings (SSSR count). The molecular weight excluding hydrogens is 293 g/mol. The monoisotopic (exact) mass is 323 g/mol. The van der Waals surface area contributed by atoms with E-state index in [0.717, 1.165) is 32.1 Å². The molecule has 0 bridgehead atoms. The molecule has 0 aliphatic heterocycles. The van der Waals surface area contributed by atoms with Crippen molar-refractivity contribution < 1.29 is 9.18 Å². The van der Waals surface area contributed by atoms with Crippen molar-refractivity contribution in [1.29, 1.82) is 0 Å². The summed E-state index contributed by atoms with van der Waals surface area (Å²) in [5.74, 6) is -0.127. The Kier molecular flexibility index (Phi) is 10.8. The third-order valence-electron chi connectivity index (χ3n) is 3.94. The van der Waals surface area contributed by atoms with Crippen LogP contribution in [0.4, 0.5) is 10.1 Å². The summed E-state index contributed by atoms with van der Waals surface area (Å²) in [6.07, 6.45) is 14.3. The molecule has 0 saturated carbocycles. The van der Waals surface area contributed by atoms with Crippen LogP contribution >= 0.6 is 0 Å². The summed E-state index contributed by atoms with van der Waals surface area (Å²) in [6.45, 7) is 0.508. The highest BCUT2D eigenvalue weighted by molar-refractivity contribution is 5.98. The number of nitrogens with one attached hydrogen (secondary N) is 1. The van der Waals surface area contributed by atoms with E-state index in [9.17, 15) is 9.18 Å². The Morgan fingerprint density at radius 3 is 2.13 bits per heavy atom. The first-order valence-electron chi connectivity index (χ1n) is 8.79. The first-order valence-corrected chi connectivity index (χ1v) is 8.79. The van der Waals surface area contributed by atoms with Gasteiger partial charge < -0.3 is 11.1 Å². The van der Waals surface area contributed by atoms with Gasteiger partial charge in [-0.1, -0.05) is 51.4 Å². The van der Waals surface area contributed by atoms with Gasteiger partial charge in [0.1, 0.15) is 0 Å². The minimum atomic E-state index is -0.176. The van der Waals surface area contributed by atoms with Gasteiger partial charge in [0, 0.05) is 12.7 Å². The molecule has 1 amide bonds. The highest BCUT2D eigenvalue weighted by Crippen LogP contribution is 2.11. The third-order valence-corrected chi connectivity index (χ3v) is 3.94. The molecule has 0 unspecified atom stereocenters. The lowest BCUT2D eigenvalue weighted by atomic mass is 10.1. The number of carbonyl (C=O) groups excluding carboxylic acids is 1. The molecule has 1 heterocycles. The number of hydrogen-bond donors (Lipinski definition) is 2. The first-order chi connectivity index (χ1) is 11.3. The number of carbonyl (C=O) groups is 1. The summed E-state index contributed by atoms with van der Waals surface area (Å²) in [7, 11) is 0. The number of nitrogen functional groups attached to an aromatic ring is 1. The number of pyridine rings is 1. The van der Waals surface area contributed by atoms with Gasteiger partial charge in [-0.05, 0) is 18.9 Å². The minimum Gasteiger partial charge on any atom is -0.397 e. The van der Waals surface area contributed by atoms with Gasteiger partial charge in [-0.25, -0.2) is 0 Å². The highest BCUT2D eigenvalue weighted by Gasteiger charge is 2.07. The summed E-state index contributed by atoms with van der Waals surface area (Å²) in [5, 5.41) is 2.89. The van der Waals surface area contributed by atoms with Crippen LogP contribution in [0.25, 0.3) is 0 Å². The number of halogens is 1. The van der Waals surface area contributed by atoms with Gasteiger partial charge in [0.2, 0.25) is 0 Å². The maximum Gasteiger partial charge on any atom is 0.253 e. The molecule has 0 radical (unpaired) electrons. The number of unbranched alkanes of at least 4 members (excludes halogenated alkanes) is 9. The van der Waals surface area contributed by atoms with E-state index < -0.39 is 0 Å². The molecule has 130 valence electrons. The van der Waals surface area contributed by atoms with Crippen LogP contribution in [0.15, 0.2) is 18.5 Å². The minimum absolute atomic E-state index is 0.127. The molecular formula is C18H30FN3O. The Morgan fingerprint density at radius 1 is 1.00 bits per heavy atom. The normalized spacial score (nSPS) is 10.7. The molecule has 3 N–H and O–H groups in total. The lowest BCUT2D eigenvalue weighted by Crippen LogP contribution is -2.25. The van der Waals surface area contributed by atoms with Crippen molar-refractivity contribution in [2.24, 2.45) is 0 Å². The van der Waals surface area contributed by atoms with Gasteiger partial charge >= 0.3 is 0 Å². The molecule has 1 aromatic heterocycles. The number of nitrogens with zero attached hydrogens (tertiary/aromatic N) is 1. The Balaban J connectivity index is 1.92. The highest BCUT2D eigenvalue weighted by atomic mass is 19.1. The van der Waals surface area contributed by atoms with Crippen LogP contribution in [0.1, 0.15) is 74.6 Å². The van der Waals surface area contributed by atoms with Crippen LogP contribution in [0.3, 0.4) is 0 Å². The second kappa shape index (κ2) is 12.9. The molecule has 0 aliphatic carbocycles. The lowest BCUT2D eigenvalue weighted by molar-refractivity contribution is 0.0953. The number of amides is 1. The zero-order chi connectivity index (χ0) is 16.8. The van der Waals surface area contributed by atoms with E-state index in [1.165, 1.54) is 38.3 Å². The molecule has 0 atom stereocenters. The average molecular weight is 323 g/mol. The summed E-state index contributed by atoms with van der Waals surface area (Å²) in [6, 6.07) is 1.64. The van der Waals surface area contributed by atoms with Gasteiger partial charge in [0.05, 0.1) is 24.1 Å². The van der Waals surface area contributed by atoms with Crippen LogP contribution in [0.5, 0.6) is 0 Å². The maximum atomic E-state index is 11.9. The van der Waals surface area contributed by atoms with E-state index in [2.05, 4.69) is 10.3 Å². The van der Waals surface area contributed by atoms with Crippen molar-refractivity contribution in [3.05, 3.63) is 24.0 Å². The molecule has 4 nitrogen and oxygen atoms in total. The van der Waals surface area contributed by atoms with E-state index in [1.54, 1.807) is 12.3 Å². The number of aromatic nitrogens is 1. The van der Waals surface area contributed by atoms with Gasteiger partial charge in [-0.15, -0.1) is 0 Å². The largest absolute Gasteiger partial charge is 0.397 e. The van der Waals surface area contributed by atoms with E-state index in [-0.39, 0.29) is 12.6 Å². The Labute approximate surface area is 139 Å². The molecule has 23 heavy (non-hydrogen) atoms. The molecule has 0 aromatic carbocycles. The Hall–Kier alpha value is -1.65. The third kappa shape index (κ3) is 9.16. The number of rotatable bonds is 13. The van der Waals surface area contributed by atoms with Crippen molar-refractivity contribution in [3.8, 4) is 0 Å². The van der Waals surface area contributed by atoms with Gasteiger partial charge in [-0.3, -0.25) is 14.2 Å². The van der Waals surface area contributed by atoms with Crippen molar-refractivity contribution in [3.63, 3.8) is 0 Å². The average Bonchev–Trinajstić information content (AvgIpc) is 2.56. The Morgan fingerprint density at radius 2 is 1.57 bits per heavy atom. The second-order valence-electron chi connectivity index (χ2n) is 5.94. The van der Waals surface area contributed by atoms with Crippen molar-refractivity contribution >= 4 is 11.6 Å². The maximum absolute atomic E-state index is 11.9. The summed E-state index contributed by atoms with van der Waals surface area (Å²) >= 11 is 0. The van der Waals surface area contributed by atoms with E-state index in [1.807, 2.05) is 0 Å². The van der Waals surface area contributed by atoms with Gasteiger partial charge in [0.25, 0.3) is 5.91 Å². The quantitative estimate of drug-likeness (QED) is 0.533. The SMILES string of the molecule is Nc1cnccc1C(=O)NCCCCCCCCCCCCF. The van der Waals surface area contributed by atoms with Crippen molar-refractivity contribution in [1.82, 2.24) is 10.3 Å². The van der Waals surface area contributed by atoms with E-state index in [4.69, 9.17) is 5.73 Å². The fourth-order valence-electron chi connectivity index (χ4n) is 2.54. The molecule has 0 spiro atoms. The van der Waals surface area contributed by atoms with Crippen LogP contribution in [0, 0.1) is 0 Å². The van der Waals surface area contributed by atoms with Gasteiger partial charge in [-0.2, -0.15) is 0 Å². The summed E-state index contributed by atoms with van der Waals surface area (Å²) in [5.41, 5.74) is 6.62. The fraction of sp³-hybridized carbons (Fsp3) is 0.667. The summed E-state index contributed by atoms with van der Waals surface area (Å²) in [4.78, 5) is 15.8. The standard InChI is InChI=1S/C18H30FN3O/c19-12-9-7-5-3-1-2-4-6-8-10-13-22-18(23)16-11-14-21-15-17(16)20/h11,14-15H,1-10,12-13,20H2,(H,22,23). The second-order valence-corrected chi connectivity index (χ2v) is 5.94. The van der Waals surface area contributed by atoms with Crippen molar-refractivity contribution in [2.75, 3.05) is 19.0 Å². The van der Waals surface area contributed by atoms with Gasteiger partial charge in [0.15, 0.2) is 0 Å². The fourth-order valence-corrected chi connectivity index (χ4v) is 2.54. The lowest BCUT2D eigenvalue weighted by Gasteiger charge is -2.07. The first kappa shape index (κ1) is 19.4. The molecule has 0 fully saturated rings. The smallest absolute Gasteiger partial charge is 0.253 e. The van der Waals surface area contributed by atoms with Crippen LogP contribution in [-0.2, 0) is 0 Å². The molecule has 0 saturated heterocycles. The topological polar surface area (TPSA) is 68.0 Å². The number of nitrogens with two attached hydrogens (primary N) is 1. The predicted octanol–water partition coefficient (Wildman–Crippen LogP) is 4.26. The Bertz CT molecular complexity index is 440. The number of hydrogen-bond acceptors (Lipinski definition) is 3. The number of alkyl halides is 1. The zero-order valence-corrected chi connectivity index (χ0v) is 14.0. The van der Waals surface area contributed by atoms with Crippen LogP contribution < -0.4 is 11.1 Å². The number of anilines is 1. The molecule has 1 aromatic rings. The predicted molar refractivity (Wildman–Crippen MR) is 93.1 cm³/mol. The molecule has 5 heteroatoms. The molecule has 0 aliphatic rings. The van der Waals surface area contributed by atoms with Crippen molar-refractivity contribution in [2.45, 2.75) is 64.2 Å². The van der Waals surface area contributed by atoms with E-state index >= 15 is 0 Å². The van der Waals surface area contributed by atoms with E-state index in [0.29, 0.717) is 17.8 Å². The zero-order valence-electron chi connectivity index (χ0n) is 14.0. The van der Waals surface area contributed by atoms with Crippen LogP contribution in [0.2, 0.25) is 0 Å².